The van der Waals surface area contributed by atoms with Crippen LogP contribution in [0.2, 0.25) is 0 Å². The van der Waals surface area contributed by atoms with E-state index < -0.39 is 0 Å². The van der Waals surface area contributed by atoms with Gasteiger partial charge in [-0.05, 0) is 37.3 Å². The molecule has 0 aliphatic heterocycles. The monoisotopic (exact) mass is 361 g/mol. The number of nitrogens with zero attached hydrogens (tertiary/aromatic N) is 2. The third-order valence-corrected chi connectivity index (χ3v) is 4.55. The van der Waals surface area contributed by atoms with Gasteiger partial charge in [-0.1, -0.05) is 36.1 Å². The fourth-order valence-electron chi connectivity index (χ4n) is 2.34. The van der Waals surface area contributed by atoms with Gasteiger partial charge in [0.15, 0.2) is 0 Å². The maximum atomic E-state index is 12.4. The van der Waals surface area contributed by atoms with Gasteiger partial charge < -0.3 is 10.2 Å². The lowest BCUT2D eigenvalue weighted by Gasteiger charge is -2.17. The van der Waals surface area contributed by atoms with Gasteiger partial charge in [0.1, 0.15) is 0 Å². The zero-order valence-electron chi connectivity index (χ0n) is 14.7. The van der Waals surface area contributed by atoms with Crippen LogP contribution in [-0.2, 0) is 6.54 Å². The van der Waals surface area contributed by atoms with Crippen LogP contribution in [0.4, 0.5) is 10.5 Å². The lowest BCUT2D eigenvalue weighted by atomic mass is 10.1. The van der Waals surface area contributed by atoms with Crippen molar-refractivity contribution in [3.05, 3.63) is 81.8 Å². The van der Waals surface area contributed by atoms with Crippen LogP contribution in [0.5, 0.6) is 0 Å². The maximum Gasteiger partial charge on any atom is 0.321 e. The number of carbonyl (C=O) groups excluding carboxylic acids is 1. The molecule has 4 nitrogen and oxygen atoms in total. The van der Waals surface area contributed by atoms with E-state index in [1.807, 2.05) is 67.7 Å². The molecular weight excluding hydrogens is 342 g/mol. The Hall–Kier alpha value is -3.10. The van der Waals surface area contributed by atoms with E-state index in [9.17, 15) is 4.79 Å². The number of aromatic nitrogens is 1. The molecular formula is C21H19N3OS. The summed E-state index contributed by atoms with van der Waals surface area (Å²) < 4.78 is 0. The molecule has 1 heterocycles. The Morgan fingerprint density at radius 3 is 2.58 bits per heavy atom. The predicted octanol–water partition coefficient (Wildman–Crippen LogP) is 4.52. The van der Waals surface area contributed by atoms with Crippen LogP contribution in [0.1, 0.15) is 21.0 Å². The Kier molecular flexibility index (Phi) is 5.67. The fourth-order valence-corrected chi connectivity index (χ4v) is 3.19. The molecule has 1 N–H and O–H groups in total. The van der Waals surface area contributed by atoms with Gasteiger partial charge >= 0.3 is 6.03 Å². The van der Waals surface area contributed by atoms with Crippen LogP contribution in [-0.4, -0.2) is 23.0 Å². The number of rotatable bonds is 3. The third kappa shape index (κ3) is 4.95. The molecule has 0 radical (unpaired) electrons. The molecule has 0 saturated heterocycles. The quantitative estimate of drug-likeness (QED) is 0.698. The van der Waals surface area contributed by atoms with E-state index in [-0.39, 0.29) is 6.03 Å². The number of benzene rings is 2. The molecule has 2 aromatic carbocycles. The van der Waals surface area contributed by atoms with Gasteiger partial charge in [-0.15, -0.1) is 11.3 Å². The Morgan fingerprint density at radius 1 is 1.12 bits per heavy atom. The van der Waals surface area contributed by atoms with Gasteiger partial charge in [0, 0.05) is 34.9 Å². The van der Waals surface area contributed by atoms with E-state index >= 15 is 0 Å². The Morgan fingerprint density at radius 2 is 1.85 bits per heavy atom. The molecule has 0 atom stereocenters. The number of anilines is 1. The minimum absolute atomic E-state index is 0.163. The first-order valence-corrected chi connectivity index (χ1v) is 9.02. The average Bonchev–Trinajstić information content (AvgIpc) is 3.06. The highest BCUT2D eigenvalue weighted by Gasteiger charge is 2.11. The number of thiazole rings is 1. The lowest BCUT2D eigenvalue weighted by molar-refractivity contribution is 0.221. The summed E-state index contributed by atoms with van der Waals surface area (Å²) in [6, 6.07) is 17.2. The molecule has 26 heavy (non-hydrogen) atoms. The Balaban J connectivity index is 1.64. The lowest BCUT2D eigenvalue weighted by Crippen LogP contribution is -2.30. The van der Waals surface area contributed by atoms with Gasteiger partial charge in [0.2, 0.25) is 0 Å². The zero-order chi connectivity index (χ0) is 18.4. The Bertz CT molecular complexity index is 954. The summed E-state index contributed by atoms with van der Waals surface area (Å²) >= 11 is 1.60. The number of hydrogen-bond donors (Lipinski definition) is 1. The van der Waals surface area contributed by atoms with Crippen molar-refractivity contribution < 1.29 is 4.79 Å². The number of aryl methyl sites for hydroxylation is 1. The SMILES string of the molecule is Cc1ncc(CN(C)C(=O)Nc2cccc(C#Cc3ccccc3)c2)s1. The van der Waals surface area contributed by atoms with Gasteiger partial charge in [-0.25, -0.2) is 9.78 Å². The molecule has 0 bridgehead atoms. The van der Waals surface area contributed by atoms with Crippen molar-refractivity contribution >= 4 is 23.1 Å². The number of carbonyl (C=O) groups is 1. The number of nitrogens with one attached hydrogen (secondary N) is 1. The minimum Gasteiger partial charge on any atom is -0.322 e. The first kappa shape index (κ1) is 17.7. The van der Waals surface area contributed by atoms with Gasteiger partial charge in [-0.3, -0.25) is 0 Å². The molecule has 3 aromatic rings. The van der Waals surface area contributed by atoms with E-state index in [0.717, 1.165) is 26.7 Å². The smallest absolute Gasteiger partial charge is 0.321 e. The highest BCUT2D eigenvalue weighted by Crippen LogP contribution is 2.15. The van der Waals surface area contributed by atoms with Crippen LogP contribution in [0.3, 0.4) is 0 Å². The molecule has 1 aromatic heterocycles. The minimum atomic E-state index is -0.163. The van der Waals surface area contributed by atoms with Crippen molar-refractivity contribution in [2.24, 2.45) is 0 Å². The second kappa shape index (κ2) is 8.32. The summed E-state index contributed by atoms with van der Waals surface area (Å²) in [5.41, 5.74) is 2.54. The van der Waals surface area contributed by atoms with Crippen LogP contribution in [0, 0.1) is 18.8 Å². The maximum absolute atomic E-state index is 12.4. The molecule has 0 saturated carbocycles. The fraction of sp³-hybridized carbons (Fsp3) is 0.143. The number of urea groups is 1. The van der Waals surface area contributed by atoms with Crippen molar-refractivity contribution in [3.63, 3.8) is 0 Å². The first-order chi connectivity index (χ1) is 12.6. The third-order valence-electron chi connectivity index (χ3n) is 3.65. The molecule has 5 heteroatoms. The molecule has 130 valence electrons. The van der Waals surface area contributed by atoms with Crippen LogP contribution in [0.15, 0.2) is 60.8 Å². The summed E-state index contributed by atoms with van der Waals surface area (Å²) in [6.45, 7) is 2.49. The summed E-state index contributed by atoms with van der Waals surface area (Å²) in [4.78, 5) is 19.3. The topological polar surface area (TPSA) is 45.2 Å². The van der Waals surface area contributed by atoms with Crippen molar-refractivity contribution in [2.45, 2.75) is 13.5 Å². The molecule has 0 unspecified atom stereocenters. The molecule has 0 aliphatic carbocycles. The average molecular weight is 361 g/mol. The van der Waals surface area contributed by atoms with Crippen molar-refractivity contribution in [3.8, 4) is 11.8 Å². The molecule has 0 aliphatic rings. The van der Waals surface area contributed by atoms with E-state index in [1.54, 1.807) is 23.3 Å². The normalized spacial score (nSPS) is 9.92. The second-order valence-corrected chi connectivity index (χ2v) is 7.15. The van der Waals surface area contributed by atoms with Gasteiger partial charge in [-0.2, -0.15) is 0 Å². The van der Waals surface area contributed by atoms with E-state index in [0.29, 0.717) is 6.54 Å². The van der Waals surface area contributed by atoms with E-state index in [2.05, 4.69) is 22.1 Å². The van der Waals surface area contributed by atoms with Crippen LogP contribution in [0.25, 0.3) is 0 Å². The van der Waals surface area contributed by atoms with Gasteiger partial charge in [0.25, 0.3) is 0 Å². The number of amides is 2. The highest BCUT2D eigenvalue weighted by molar-refractivity contribution is 7.11. The zero-order valence-corrected chi connectivity index (χ0v) is 15.5. The van der Waals surface area contributed by atoms with Crippen molar-refractivity contribution in [1.82, 2.24) is 9.88 Å². The number of hydrogen-bond acceptors (Lipinski definition) is 3. The van der Waals surface area contributed by atoms with Crippen LogP contribution < -0.4 is 5.32 Å². The van der Waals surface area contributed by atoms with Crippen LogP contribution >= 0.6 is 11.3 Å². The first-order valence-electron chi connectivity index (χ1n) is 8.21. The molecule has 0 fully saturated rings. The molecule has 0 spiro atoms. The summed E-state index contributed by atoms with van der Waals surface area (Å²) in [5.74, 6) is 6.25. The van der Waals surface area contributed by atoms with Crippen molar-refractivity contribution in [1.29, 1.82) is 0 Å². The Labute approximate surface area is 157 Å². The largest absolute Gasteiger partial charge is 0.322 e. The summed E-state index contributed by atoms with van der Waals surface area (Å²) in [5, 5.41) is 3.91. The predicted molar refractivity (Wildman–Crippen MR) is 106 cm³/mol. The molecule has 2 amide bonds. The van der Waals surface area contributed by atoms with E-state index in [1.165, 1.54) is 0 Å². The van der Waals surface area contributed by atoms with E-state index in [4.69, 9.17) is 0 Å². The summed E-state index contributed by atoms with van der Waals surface area (Å²) in [7, 11) is 1.77. The second-order valence-electron chi connectivity index (χ2n) is 5.83. The summed E-state index contributed by atoms with van der Waals surface area (Å²) in [6.07, 6.45) is 1.81. The molecule has 3 rings (SSSR count). The highest BCUT2D eigenvalue weighted by atomic mass is 32.1. The van der Waals surface area contributed by atoms with Gasteiger partial charge in [0.05, 0.1) is 11.6 Å². The van der Waals surface area contributed by atoms with Crippen molar-refractivity contribution in [2.75, 3.05) is 12.4 Å². The standard InChI is InChI=1S/C21H19N3OS/c1-16-22-14-20(26-16)15-24(2)21(25)23-19-10-6-9-18(13-19)12-11-17-7-4-3-5-8-17/h3-10,13-14H,15H2,1-2H3,(H,23,25).